The van der Waals surface area contributed by atoms with Gasteiger partial charge in [0.25, 0.3) is 5.91 Å². The van der Waals surface area contributed by atoms with E-state index >= 15 is 0 Å². The zero-order valence-corrected chi connectivity index (χ0v) is 18.6. The van der Waals surface area contributed by atoms with Gasteiger partial charge in [0.15, 0.2) is 0 Å². The minimum absolute atomic E-state index is 0.00731. The van der Waals surface area contributed by atoms with Crippen LogP contribution in [0.25, 0.3) is 11.3 Å². The maximum Gasteiger partial charge on any atom is 0.342 e. The van der Waals surface area contributed by atoms with E-state index in [9.17, 15) is 14.7 Å². The number of nitrogens with zero attached hydrogens (tertiary/aromatic N) is 3. The number of hydrogen-bond acceptors (Lipinski definition) is 4. The van der Waals surface area contributed by atoms with E-state index in [0.29, 0.717) is 22.6 Å². The van der Waals surface area contributed by atoms with Gasteiger partial charge in [0.2, 0.25) is 0 Å². The second-order valence-electron chi connectivity index (χ2n) is 8.64. The third-order valence-corrected chi connectivity index (χ3v) is 5.82. The third kappa shape index (κ3) is 4.39. The Kier molecular flexibility index (Phi) is 6.03. The van der Waals surface area contributed by atoms with Crippen molar-refractivity contribution < 1.29 is 14.7 Å². The fourth-order valence-electron chi connectivity index (χ4n) is 4.23. The first-order valence-electron chi connectivity index (χ1n) is 11.0. The number of nitrogens with one attached hydrogen (secondary N) is 2. The van der Waals surface area contributed by atoms with Crippen LogP contribution in [0, 0.1) is 0 Å². The fraction of sp³-hybridized carbons (Fsp3) is 0.375. The summed E-state index contributed by atoms with van der Waals surface area (Å²) < 4.78 is 3.17. The van der Waals surface area contributed by atoms with Gasteiger partial charge in [0, 0.05) is 42.5 Å². The number of aromatic nitrogens is 3. The molecule has 32 heavy (non-hydrogen) atoms. The number of carbonyl (C=O) groups is 2. The molecular formula is C24H29N5O3. The highest BCUT2D eigenvalue weighted by Crippen LogP contribution is 2.38. The summed E-state index contributed by atoms with van der Waals surface area (Å²) in [7, 11) is 1.79. The summed E-state index contributed by atoms with van der Waals surface area (Å²) in [5.41, 5.74) is 2.91. The van der Waals surface area contributed by atoms with E-state index in [1.54, 1.807) is 42.1 Å². The third-order valence-electron chi connectivity index (χ3n) is 5.82. The van der Waals surface area contributed by atoms with Crippen molar-refractivity contribution in [3.05, 3.63) is 54.0 Å². The highest BCUT2D eigenvalue weighted by Gasteiger charge is 2.26. The van der Waals surface area contributed by atoms with Crippen molar-refractivity contribution in [1.29, 1.82) is 0 Å². The molecule has 1 saturated carbocycles. The molecule has 168 valence electrons. The average molecular weight is 436 g/mol. The van der Waals surface area contributed by atoms with Gasteiger partial charge in [-0.3, -0.25) is 4.79 Å². The van der Waals surface area contributed by atoms with E-state index in [2.05, 4.69) is 15.7 Å². The molecule has 0 bridgehead atoms. The molecule has 1 aliphatic carbocycles. The quantitative estimate of drug-likeness (QED) is 0.550. The van der Waals surface area contributed by atoms with E-state index in [4.69, 9.17) is 0 Å². The summed E-state index contributed by atoms with van der Waals surface area (Å²) in [5.74, 6) is 0.00419. The number of amides is 2. The molecule has 2 amide bonds. The van der Waals surface area contributed by atoms with Crippen LogP contribution in [0.1, 0.15) is 61.6 Å². The maximum absolute atomic E-state index is 12.8. The Morgan fingerprint density at radius 1 is 1.16 bits per heavy atom. The first-order valence-corrected chi connectivity index (χ1v) is 11.0. The molecule has 1 fully saturated rings. The lowest BCUT2D eigenvalue weighted by molar-refractivity contribution is 0.101. The van der Waals surface area contributed by atoms with Crippen molar-refractivity contribution in [1.82, 2.24) is 19.7 Å². The van der Waals surface area contributed by atoms with E-state index in [0.717, 1.165) is 31.4 Å². The van der Waals surface area contributed by atoms with Crippen molar-refractivity contribution >= 4 is 17.6 Å². The van der Waals surface area contributed by atoms with E-state index in [1.165, 1.54) is 10.7 Å². The molecule has 0 spiro atoms. The van der Waals surface area contributed by atoms with Gasteiger partial charge in [0.1, 0.15) is 11.4 Å². The monoisotopic (exact) mass is 435 g/mol. The number of aryl methyl sites for hydroxylation is 1. The molecule has 0 aliphatic heterocycles. The molecule has 8 heteroatoms. The number of benzene rings is 1. The smallest absolute Gasteiger partial charge is 0.342 e. The lowest BCUT2D eigenvalue weighted by Crippen LogP contribution is -2.35. The number of hydrogen-bond donors (Lipinski definition) is 3. The van der Waals surface area contributed by atoms with Crippen molar-refractivity contribution in [2.24, 2.45) is 7.05 Å². The Labute approximate surface area is 187 Å². The molecular weight excluding hydrogens is 406 g/mol. The predicted octanol–water partition coefficient (Wildman–Crippen LogP) is 4.47. The second-order valence-corrected chi connectivity index (χ2v) is 8.64. The Bertz CT molecular complexity index is 1140. The van der Waals surface area contributed by atoms with Crippen LogP contribution in [0.5, 0.6) is 5.75 Å². The van der Waals surface area contributed by atoms with Crippen LogP contribution in [0.4, 0.5) is 10.5 Å². The van der Waals surface area contributed by atoms with Crippen LogP contribution < -0.4 is 10.6 Å². The van der Waals surface area contributed by atoms with Gasteiger partial charge in [-0.15, -0.1) is 0 Å². The molecule has 4 rings (SSSR count). The lowest BCUT2D eigenvalue weighted by atomic mass is 10.0. The number of aromatic hydroxyl groups is 1. The first kappa shape index (κ1) is 21.7. The van der Waals surface area contributed by atoms with Gasteiger partial charge < -0.3 is 20.3 Å². The van der Waals surface area contributed by atoms with Gasteiger partial charge >= 0.3 is 6.03 Å². The molecule has 2 heterocycles. The molecule has 0 radical (unpaired) electrons. The predicted molar refractivity (Wildman–Crippen MR) is 123 cm³/mol. The maximum atomic E-state index is 12.8. The summed E-state index contributed by atoms with van der Waals surface area (Å²) >= 11 is 0. The Balaban J connectivity index is 1.62. The molecule has 3 N–H and O–H groups in total. The molecule has 8 nitrogen and oxygen atoms in total. The molecule has 1 aromatic carbocycles. The summed E-state index contributed by atoms with van der Waals surface area (Å²) in [6.07, 6.45) is 6.12. The van der Waals surface area contributed by atoms with Crippen molar-refractivity contribution in [3.63, 3.8) is 0 Å². The Hall–Kier alpha value is -3.55. The number of anilines is 1. The average Bonchev–Trinajstić information content (AvgIpc) is 3.47. The van der Waals surface area contributed by atoms with Gasteiger partial charge in [-0.25, -0.2) is 4.79 Å². The number of phenolic OH excluding ortho intramolecular Hbond substituents is 1. The molecule has 0 unspecified atom stereocenters. The van der Waals surface area contributed by atoms with E-state index in [-0.39, 0.29) is 29.6 Å². The van der Waals surface area contributed by atoms with Crippen LogP contribution in [-0.4, -0.2) is 37.4 Å². The number of rotatable bonds is 5. The second kappa shape index (κ2) is 8.90. The van der Waals surface area contributed by atoms with Crippen molar-refractivity contribution in [3.8, 4) is 17.0 Å². The highest BCUT2D eigenvalue weighted by atomic mass is 16.3. The lowest BCUT2D eigenvalue weighted by Gasteiger charge is -2.13. The van der Waals surface area contributed by atoms with Crippen molar-refractivity contribution in [2.75, 3.05) is 5.32 Å². The summed E-state index contributed by atoms with van der Waals surface area (Å²) in [6, 6.07) is 10.1. The van der Waals surface area contributed by atoms with Crippen LogP contribution in [0.2, 0.25) is 0 Å². The Morgan fingerprint density at radius 3 is 2.53 bits per heavy atom. The largest absolute Gasteiger partial charge is 0.507 e. The fourth-order valence-corrected chi connectivity index (χ4v) is 4.23. The van der Waals surface area contributed by atoms with Crippen molar-refractivity contribution in [2.45, 2.75) is 51.5 Å². The van der Waals surface area contributed by atoms with E-state index in [1.807, 2.05) is 19.9 Å². The molecule has 1 aliphatic rings. The standard InChI is InChI=1S/C24H29N5O3/c1-15(2)25-24(32)29-21(16-7-4-5-8-16)14-19(27-29)18-11-10-17(13-22(18)30)26-23(31)20-9-6-12-28(20)3/h6,9-16,30H,4-5,7-8H2,1-3H3,(H,25,32)(H,26,31). The molecule has 2 aromatic heterocycles. The first-order chi connectivity index (χ1) is 15.3. The summed E-state index contributed by atoms with van der Waals surface area (Å²) in [6.45, 7) is 3.82. The van der Waals surface area contributed by atoms with Gasteiger partial charge in [-0.2, -0.15) is 9.78 Å². The van der Waals surface area contributed by atoms with Gasteiger partial charge in [-0.05, 0) is 57.0 Å². The summed E-state index contributed by atoms with van der Waals surface area (Å²) in [5, 5.41) is 20.9. The Morgan fingerprint density at radius 2 is 1.91 bits per heavy atom. The normalized spacial score (nSPS) is 14.1. The van der Waals surface area contributed by atoms with Gasteiger partial charge in [-0.1, -0.05) is 12.8 Å². The van der Waals surface area contributed by atoms with Crippen LogP contribution in [-0.2, 0) is 7.05 Å². The SMILES string of the molecule is CC(C)NC(=O)n1nc(-c2ccc(NC(=O)c3cccn3C)cc2O)cc1C1CCCC1. The molecule has 0 atom stereocenters. The van der Waals surface area contributed by atoms with Crippen LogP contribution in [0.3, 0.4) is 0 Å². The minimum Gasteiger partial charge on any atom is -0.507 e. The minimum atomic E-state index is -0.265. The molecule has 3 aromatic rings. The zero-order valence-electron chi connectivity index (χ0n) is 18.6. The van der Waals surface area contributed by atoms with Gasteiger partial charge in [0.05, 0.1) is 11.4 Å². The van der Waals surface area contributed by atoms with Crippen LogP contribution >= 0.6 is 0 Å². The van der Waals surface area contributed by atoms with Crippen LogP contribution in [0.15, 0.2) is 42.6 Å². The number of phenols is 1. The topological polar surface area (TPSA) is 101 Å². The summed E-state index contributed by atoms with van der Waals surface area (Å²) in [4.78, 5) is 25.2. The highest BCUT2D eigenvalue weighted by molar-refractivity contribution is 6.03. The molecule has 0 saturated heterocycles. The zero-order chi connectivity index (χ0) is 22.8. The number of carbonyl (C=O) groups excluding carboxylic acids is 2. The van der Waals surface area contributed by atoms with E-state index < -0.39 is 0 Å².